The van der Waals surface area contributed by atoms with Crippen LogP contribution in [0, 0.1) is 5.82 Å². The summed E-state index contributed by atoms with van der Waals surface area (Å²) in [6.07, 6.45) is 0. The Labute approximate surface area is 167 Å². The fourth-order valence-electron chi connectivity index (χ4n) is 3.26. The topological polar surface area (TPSA) is 50.0 Å². The number of morpholine rings is 1. The number of aliphatic hydroxyl groups is 1. The van der Waals surface area contributed by atoms with E-state index < -0.39 is 0 Å². The molecule has 7 heteroatoms. The molecular formula is C21H22FN3O2S. The van der Waals surface area contributed by atoms with Crippen LogP contribution in [0.5, 0.6) is 0 Å². The Morgan fingerprint density at radius 3 is 2.43 bits per heavy atom. The molecule has 2 heterocycles. The first-order valence-corrected chi connectivity index (χ1v) is 10.2. The van der Waals surface area contributed by atoms with Gasteiger partial charge in [-0.15, -0.1) is 11.3 Å². The van der Waals surface area contributed by atoms with Crippen molar-refractivity contribution < 1.29 is 14.2 Å². The van der Waals surface area contributed by atoms with Gasteiger partial charge in [-0.05, 0) is 42.0 Å². The highest BCUT2D eigenvalue weighted by molar-refractivity contribution is 7.07. The van der Waals surface area contributed by atoms with Crippen molar-refractivity contribution in [1.29, 1.82) is 0 Å². The Morgan fingerprint density at radius 1 is 1.04 bits per heavy atom. The highest BCUT2D eigenvalue weighted by atomic mass is 32.1. The van der Waals surface area contributed by atoms with Gasteiger partial charge in [-0.1, -0.05) is 12.1 Å². The maximum Gasteiger partial charge on any atom is 0.190 e. The average molecular weight is 399 g/mol. The number of aliphatic hydroxyl groups excluding tert-OH is 1. The van der Waals surface area contributed by atoms with Gasteiger partial charge in [0.2, 0.25) is 0 Å². The molecule has 0 radical (unpaired) electrons. The first-order valence-electron chi connectivity index (χ1n) is 9.27. The predicted molar refractivity (Wildman–Crippen MR) is 109 cm³/mol. The summed E-state index contributed by atoms with van der Waals surface area (Å²) < 4.78 is 20.5. The van der Waals surface area contributed by atoms with Gasteiger partial charge in [0.1, 0.15) is 5.82 Å². The minimum atomic E-state index is -0.283. The molecule has 1 aliphatic heterocycles. The van der Waals surface area contributed by atoms with Crippen molar-refractivity contribution >= 4 is 22.7 Å². The zero-order valence-electron chi connectivity index (χ0n) is 15.4. The van der Waals surface area contributed by atoms with E-state index in [1.165, 1.54) is 29.2 Å². The SMILES string of the molecule is OCCn1c(-c2ccc(N3CCOCC3)cc2)csc1=Nc1ccc(F)cc1. The standard InChI is InChI=1S/C21H22FN3O2S/c22-17-3-5-18(6-4-17)23-21-25(9-12-26)20(15-28-21)16-1-7-19(8-2-16)24-10-13-27-14-11-24/h1-8,15,26H,9-14H2. The Kier molecular flexibility index (Phi) is 5.85. The molecule has 0 aliphatic carbocycles. The van der Waals surface area contributed by atoms with Gasteiger partial charge in [-0.25, -0.2) is 9.38 Å². The fourth-order valence-corrected chi connectivity index (χ4v) is 4.21. The van der Waals surface area contributed by atoms with Crippen LogP contribution >= 0.6 is 11.3 Å². The summed E-state index contributed by atoms with van der Waals surface area (Å²) in [4.78, 5) is 7.71. The van der Waals surface area contributed by atoms with Gasteiger partial charge in [-0.3, -0.25) is 0 Å². The highest BCUT2D eigenvalue weighted by Crippen LogP contribution is 2.25. The number of hydrogen-bond donors (Lipinski definition) is 1. The number of anilines is 1. The normalized spacial score (nSPS) is 15.2. The summed E-state index contributed by atoms with van der Waals surface area (Å²) in [5, 5.41) is 11.6. The van der Waals surface area contributed by atoms with Crippen molar-refractivity contribution in [2.75, 3.05) is 37.8 Å². The molecule has 1 N–H and O–H groups in total. The molecule has 1 fully saturated rings. The molecule has 0 unspecified atom stereocenters. The van der Waals surface area contributed by atoms with E-state index in [0.717, 1.165) is 42.4 Å². The second kappa shape index (κ2) is 8.68. The van der Waals surface area contributed by atoms with Crippen LogP contribution in [-0.2, 0) is 11.3 Å². The average Bonchev–Trinajstić information content (AvgIpc) is 3.13. The molecular weight excluding hydrogens is 377 g/mol. The number of aromatic nitrogens is 1. The molecule has 2 aromatic carbocycles. The van der Waals surface area contributed by atoms with Crippen molar-refractivity contribution in [3.05, 3.63) is 64.5 Å². The molecule has 0 saturated carbocycles. The van der Waals surface area contributed by atoms with Crippen LogP contribution in [0.25, 0.3) is 11.3 Å². The number of halogens is 1. The van der Waals surface area contributed by atoms with E-state index in [9.17, 15) is 9.50 Å². The lowest BCUT2D eigenvalue weighted by molar-refractivity contribution is 0.122. The number of thiazole rings is 1. The van der Waals surface area contributed by atoms with Crippen LogP contribution in [0.3, 0.4) is 0 Å². The third-order valence-electron chi connectivity index (χ3n) is 4.71. The molecule has 4 rings (SSSR count). The molecule has 3 aromatic rings. The maximum atomic E-state index is 13.1. The molecule has 0 amide bonds. The lowest BCUT2D eigenvalue weighted by Gasteiger charge is -2.28. The van der Waals surface area contributed by atoms with Crippen molar-refractivity contribution in [1.82, 2.24) is 4.57 Å². The van der Waals surface area contributed by atoms with E-state index >= 15 is 0 Å². The van der Waals surface area contributed by atoms with E-state index in [1.54, 1.807) is 12.1 Å². The molecule has 1 saturated heterocycles. The molecule has 0 spiro atoms. The monoisotopic (exact) mass is 399 g/mol. The van der Waals surface area contributed by atoms with Crippen LogP contribution < -0.4 is 9.70 Å². The van der Waals surface area contributed by atoms with Crippen molar-refractivity contribution in [2.24, 2.45) is 4.99 Å². The van der Waals surface area contributed by atoms with Crippen LogP contribution in [0.4, 0.5) is 15.8 Å². The lowest BCUT2D eigenvalue weighted by atomic mass is 10.1. The highest BCUT2D eigenvalue weighted by Gasteiger charge is 2.12. The van der Waals surface area contributed by atoms with Gasteiger partial charge >= 0.3 is 0 Å². The molecule has 0 atom stereocenters. The molecule has 146 valence electrons. The smallest absolute Gasteiger partial charge is 0.190 e. The van der Waals surface area contributed by atoms with Crippen LogP contribution in [-0.4, -0.2) is 42.6 Å². The predicted octanol–water partition coefficient (Wildman–Crippen LogP) is 3.42. The quantitative estimate of drug-likeness (QED) is 0.715. The first kappa shape index (κ1) is 18.9. The number of ether oxygens (including phenoxy) is 1. The summed E-state index contributed by atoms with van der Waals surface area (Å²) in [5.74, 6) is -0.283. The van der Waals surface area contributed by atoms with Crippen LogP contribution in [0.1, 0.15) is 0 Å². The van der Waals surface area contributed by atoms with Gasteiger partial charge in [-0.2, -0.15) is 0 Å². The Hall–Kier alpha value is -2.48. The summed E-state index contributed by atoms with van der Waals surface area (Å²) >= 11 is 1.51. The van der Waals surface area contributed by atoms with Gasteiger partial charge in [0.05, 0.1) is 31.2 Å². The van der Waals surface area contributed by atoms with Gasteiger partial charge in [0.15, 0.2) is 4.80 Å². The lowest BCUT2D eigenvalue weighted by Crippen LogP contribution is -2.36. The minimum Gasteiger partial charge on any atom is -0.395 e. The van der Waals surface area contributed by atoms with Crippen LogP contribution in [0.15, 0.2) is 58.9 Å². The number of rotatable bonds is 5. The van der Waals surface area contributed by atoms with E-state index in [1.807, 2.05) is 9.95 Å². The molecule has 0 bridgehead atoms. The Balaban J connectivity index is 1.65. The van der Waals surface area contributed by atoms with E-state index in [0.29, 0.717) is 12.2 Å². The Bertz CT molecular complexity index is 974. The van der Waals surface area contributed by atoms with E-state index in [-0.39, 0.29) is 12.4 Å². The summed E-state index contributed by atoms with van der Waals surface area (Å²) in [7, 11) is 0. The van der Waals surface area contributed by atoms with Crippen molar-refractivity contribution in [3.8, 4) is 11.3 Å². The van der Waals surface area contributed by atoms with Gasteiger partial charge in [0, 0.05) is 30.7 Å². The molecule has 1 aromatic heterocycles. The molecule has 1 aliphatic rings. The zero-order chi connectivity index (χ0) is 19.3. The summed E-state index contributed by atoms with van der Waals surface area (Å²) in [6, 6.07) is 14.5. The summed E-state index contributed by atoms with van der Waals surface area (Å²) in [5.41, 5.74) is 3.95. The van der Waals surface area contributed by atoms with Crippen LogP contribution in [0.2, 0.25) is 0 Å². The summed E-state index contributed by atoms with van der Waals surface area (Å²) in [6.45, 7) is 3.80. The van der Waals surface area contributed by atoms with Crippen molar-refractivity contribution in [3.63, 3.8) is 0 Å². The zero-order valence-corrected chi connectivity index (χ0v) is 16.2. The third kappa shape index (κ3) is 4.16. The second-order valence-corrected chi connectivity index (χ2v) is 7.35. The van der Waals surface area contributed by atoms with Crippen molar-refractivity contribution in [2.45, 2.75) is 6.54 Å². The van der Waals surface area contributed by atoms with Gasteiger partial charge in [0.25, 0.3) is 0 Å². The van der Waals surface area contributed by atoms with Gasteiger partial charge < -0.3 is 19.3 Å². The third-order valence-corrected chi connectivity index (χ3v) is 5.58. The molecule has 28 heavy (non-hydrogen) atoms. The minimum absolute atomic E-state index is 0.0200. The Morgan fingerprint density at radius 2 is 1.75 bits per heavy atom. The number of nitrogens with zero attached hydrogens (tertiary/aromatic N) is 3. The second-order valence-electron chi connectivity index (χ2n) is 6.51. The number of hydrogen-bond acceptors (Lipinski definition) is 5. The van der Waals surface area contributed by atoms with E-state index in [2.05, 4.69) is 34.2 Å². The fraction of sp³-hybridized carbons (Fsp3) is 0.286. The van der Waals surface area contributed by atoms with E-state index in [4.69, 9.17) is 4.74 Å². The number of benzene rings is 2. The maximum absolute atomic E-state index is 13.1. The molecule has 5 nitrogen and oxygen atoms in total. The largest absolute Gasteiger partial charge is 0.395 e. The first-order chi connectivity index (χ1) is 13.7.